The van der Waals surface area contributed by atoms with E-state index in [1.165, 1.54) is 18.8 Å². The van der Waals surface area contributed by atoms with Crippen LogP contribution in [-0.4, -0.2) is 46.4 Å². The van der Waals surface area contributed by atoms with Crippen LogP contribution in [0.3, 0.4) is 0 Å². The van der Waals surface area contributed by atoms with Crippen molar-refractivity contribution in [2.75, 3.05) is 35.2 Å². The number of carbonyl (C=O) groups excluding carboxylic acids is 2. The Hall–Kier alpha value is -4.52. The van der Waals surface area contributed by atoms with E-state index in [-0.39, 0.29) is 6.54 Å². The first-order valence-corrected chi connectivity index (χ1v) is 11.4. The number of nitriles is 1. The maximum absolute atomic E-state index is 11.7. The van der Waals surface area contributed by atoms with Gasteiger partial charge in [-0.1, -0.05) is 18.2 Å². The lowest BCUT2D eigenvalue weighted by Crippen LogP contribution is -2.34. The Morgan fingerprint density at radius 2 is 1.83 bits per heavy atom. The van der Waals surface area contributed by atoms with Gasteiger partial charge < -0.3 is 15.5 Å². The van der Waals surface area contributed by atoms with Crippen molar-refractivity contribution in [2.45, 2.75) is 25.7 Å². The van der Waals surface area contributed by atoms with Crippen LogP contribution >= 0.6 is 0 Å². The number of imide groups is 1. The average molecular weight is 471 g/mol. The minimum absolute atomic E-state index is 0.0165. The summed E-state index contributed by atoms with van der Waals surface area (Å²) in [7, 11) is 0. The van der Waals surface area contributed by atoms with E-state index in [0.717, 1.165) is 31.6 Å². The second-order valence-electron chi connectivity index (χ2n) is 8.27. The van der Waals surface area contributed by atoms with E-state index in [1.54, 1.807) is 0 Å². The van der Waals surface area contributed by atoms with Crippen LogP contribution in [0.4, 0.5) is 23.3 Å². The van der Waals surface area contributed by atoms with E-state index in [1.807, 2.05) is 48.5 Å². The molecule has 2 aromatic carbocycles. The molecule has 1 aromatic heterocycles. The predicted octanol–water partition coefficient (Wildman–Crippen LogP) is 2.95. The van der Waals surface area contributed by atoms with Gasteiger partial charge in [-0.2, -0.15) is 10.2 Å². The van der Waals surface area contributed by atoms with Gasteiger partial charge in [-0.25, -0.2) is 9.97 Å². The van der Waals surface area contributed by atoms with Crippen molar-refractivity contribution in [1.29, 1.82) is 5.26 Å². The molecule has 2 amide bonds. The Morgan fingerprint density at radius 1 is 1.09 bits per heavy atom. The van der Waals surface area contributed by atoms with Crippen molar-refractivity contribution in [1.82, 2.24) is 20.3 Å². The fourth-order valence-corrected chi connectivity index (χ4v) is 4.00. The number of nitrogens with zero attached hydrogens (tertiary/aromatic N) is 5. The number of hydrogen-bond acceptors (Lipinski definition) is 9. The van der Waals surface area contributed by atoms with Gasteiger partial charge in [0.05, 0.1) is 18.2 Å². The van der Waals surface area contributed by atoms with Crippen molar-refractivity contribution in [3.05, 3.63) is 66.0 Å². The van der Waals surface area contributed by atoms with Gasteiger partial charge >= 0.3 is 0 Å². The third-order valence-electron chi connectivity index (χ3n) is 5.74. The molecule has 3 aromatic rings. The van der Waals surface area contributed by atoms with Crippen LogP contribution in [-0.2, 0) is 9.59 Å². The number of carbonyl (C=O) groups is 2. The summed E-state index contributed by atoms with van der Waals surface area (Å²) in [6.07, 6.45) is 3.45. The monoisotopic (exact) mass is 470 g/mol. The summed E-state index contributed by atoms with van der Waals surface area (Å²) >= 11 is 0. The number of rotatable bonds is 7. The molecule has 0 aliphatic carbocycles. The molecule has 1 aliphatic rings. The summed E-state index contributed by atoms with van der Waals surface area (Å²) in [4.78, 5) is 38.0. The molecule has 10 heteroatoms. The SMILES string of the molecule is CC(=O)NC(=O)CNc1cccc(Nc2ncnc(N3CCC(c4ccc(C#N)cc4)CC3)n2)c1. The minimum Gasteiger partial charge on any atom is -0.376 e. The standard InChI is InChI=1S/C25H26N8O2/c1-17(34)30-23(35)15-27-21-3-2-4-22(13-21)31-24-28-16-29-25(32-24)33-11-9-20(10-12-33)19-7-5-18(14-26)6-8-19/h2-8,13,16,20,27H,9-12,15H2,1H3,(H,30,34,35)(H,28,29,31,32). The lowest BCUT2D eigenvalue weighted by Gasteiger charge is -2.32. The van der Waals surface area contributed by atoms with Crippen molar-refractivity contribution in [3.63, 3.8) is 0 Å². The summed E-state index contributed by atoms with van der Waals surface area (Å²) in [5.74, 6) is 0.704. The van der Waals surface area contributed by atoms with Gasteiger partial charge in [-0.3, -0.25) is 14.9 Å². The van der Waals surface area contributed by atoms with Crippen LogP contribution < -0.4 is 20.9 Å². The Labute approximate surface area is 203 Å². The number of nitrogens with one attached hydrogen (secondary N) is 3. The second kappa shape index (κ2) is 11.1. The van der Waals surface area contributed by atoms with Crippen molar-refractivity contribution >= 4 is 35.1 Å². The summed E-state index contributed by atoms with van der Waals surface area (Å²) in [5, 5.41) is 17.4. The van der Waals surface area contributed by atoms with Crippen molar-refractivity contribution in [3.8, 4) is 6.07 Å². The second-order valence-corrected chi connectivity index (χ2v) is 8.27. The van der Waals surface area contributed by atoms with E-state index in [0.29, 0.717) is 29.1 Å². The normalized spacial score (nSPS) is 13.5. The highest BCUT2D eigenvalue weighted by molar-refractivity contribution is 5.95. The number of piperidine rings is 1. The molecule has 1 aliphatic heterocycles. The van der Waals surface area contributed by atoms with E-state index in [9.17, 15) is 9.59 Å². The summed E-state index contributed by atoms with van der Waals surface area (Å²) in [6.45, 7) is 2.94. The van der Waals surface area contributed by atoms with Crippen LogP contribution in [0.2, 0.25) is 0 Å². The summed E-state index contributed by atoms with van der Waals surface area (Å²) in [5.41, 5.74) is 3.40. The smallest absolute Gasteiger partial charge is 0.245 e. The molecule has 1 saturated heterocycles. The van der Waals surface area contributed by atoms with Gasteiger partial charge in [-0.05, 0) is 54.7 Å². The lowest BCUT2D eigenvalue weighted by atomic mass is 9.89. The Morgan fingerprint density at radius 3 is 2.54 bits per heavy atom. The number of amides is 2. The molecule has 3 N–H and O–H groups in total. The van der Waals surface area contributed by atoms with Gasteiger partial charge in [0.1, 0.15) is 6.33 Å². The molecular formula is C25H26N8O2. The average Bonchev–Trinajstić information content (AvgIpc) is 2.88. The number of anilines is 4. The van der Waals surface area contributed by atoms with Crippen LogP contribution in [0.5, 0.6) is 0 Å². The minimum atomic E-state index is -0.402. The quantitative estimate of drug-likeness (QED) is 0.476. The van der Waals surface area contributed by atoms with Crippen molar-refractivity contribution < 1.29 is 9.59 Å². The molecule has 1 fully saturated rings. The van der Waals surface area contributed by atoms with Crippen LogP contribution in [0.15, 0.2) is 54.9 Å². The fourth-order valence-electron chi connectivity index (χ4n) is 4.00. The summed E-state index contributed by atoms with van der Waals surface area (Å²) < 4.78 is 0. The molecule has 0 atom stereocenters. The molecule has 0 bridgehead atoms. The van der Waals surface area contributed by atoms with E-state index in [4.69, 9.17) is 5.26 Å². The Bertz CT molecular complexity index is 1230. The van der Waals surface area contributed by atoms with Gasteiger partial charge in [0.25, 0.3) is 0 Å². The molecule has 0 radical (unpaired) electrons. The maximum Gasteiger partial charge on any atom is 0.245 e. The zero-order valence-corrected chi connectivity index (χ0v) is 19.4. The first-order chi connectivity index (χ1) is 17.0. The number of aromatic nitrogens is 3. The highest BCUT2D eigenvalue weighted by Crippen LogP contribution is 2.29. The molecule has 0 saturated carbocycles. The Kier molecular flexibility index (Phi) is 7.47. The van der Waals surface area contributed by atoms with Gasteiger partial charge in [-0.15, -0.1) is 0 Å². The largest absolute Gasteiger partial charge is 0.376 e. The van der Waals surface area contributed by atoms with E-state index >= 15 is 0 Å². The van der Waals surface area contributed by atoms with Gasteiger partial charge in [0.2, 0.25) is 23.7 Å². The maximum atomic E-state index is 11.7. The molecule has 10 nitrogen and oxygen atoms in total. The first-order valence-electron chi connectivity index (χ1n) is 11.4. The third-order valence-corrected chi connectivity index (χ3v) is 5.74. The van der Waals surface area contributed by atoms with Crippen LogP contribution in [0, 0.1) is 11.3 Å². The fraction of sp³-hybridized carbons (Fsp3) is 0.280. The zero-order valence-electron chi connectivity index (χ0n) is 19.4. The molecule has 178 valence electrons. The molecule has 4 rings (SSSR count). The molecule has 35 heavy (non-hydrogen) atoms. The van der Waals surface area contributed by atoms with Gasteiger partial charge in [0.15, 0.2) is 0 Å². The predicted molar refractivity (Wildman–Crippen MR) is 132 cm³/mol. The number of hydrogen-bond donors (Lipinski definition) is 3. The van der Waals surface area contributed by atoms with Crippen LogP contribution in [0.25, 0.3) is 0 Å². The Balaban J connectivity index is 1.34. The van der Waals surface area contributed by atoms with Gasteiger partial charge in [0, 0.05) is 31.4 Å². The van der Waals surface area contributed by atoms with E-state index in [2.05, 4.69) is 41.9 Å². The highest BCUT2D eigenvalue weighted by atomic mass is 16.2. The third kappa shape index (κ3) is 6.51. The number of benzene rings is 2. The topological polar surface area (TPSA) is 136 Å². The molecule has 2 heterocycles. The van der Waals surface area contributed by atoms with Crippen molar-refractivity contribution in [2.24, 2.45) is 0 Å². The summed E-state index contributed by atoms with van der Waals surface area (Å²) in [6, 6.07) is 17.3. The van der Waals surface area contributed by atoms with Crippen LogP contribution in [0.1, 0.15) is 36.8 Å². The molecule has 0 spiro atoms. The van der Waals surface area contributed by atoms with E-state index < -0.39 is 11.8 Å². The molecule has 0 unspecified atom stereocenters. The molecular weight excluding hydrogens is 444 g/mol. The lowest BCUT2D eigenvalue weighted by molar-refractivity contribution is -0.128. The first kappa shape index (κ1) is 23.6. The highest BCUT2D eigenvalue weighted by Gasteiger charge is 2.22. The zero-order chi connectivity index (χ0) is 24.6.